The molecule has 0 spiro atoms. The van der Waals surface area contributed by atoms with Crippen molar-refractivity contribution < 1.29 is 37.8 Å². The van der Waals surface area contributed by atoms with Crippen molar-refractivity contribution in [2.24, 2.45) is 17.8 Å². The molecule has 1 saturated carbocycles. The minimum Gasteiger partial charge on any atom is -0.464 e. The van der Waals surface area contributed by atoms with Crippen LogP contribution >= 0.6 is 65.3 Å². The number of nitrogens with zero attached hydrogens (tertiary/aromatic N) is 5. The van der Waals surface area contributed by atoms with Crippen molar-refractivity contribution in [1.29, 1.82) is 0 Å². The van der Waals surface area contributed by atoms with Crippen LogP contribution in [0.4, 0.5) is 14.0 Å². The second-order valence-electron chi connectivity index (χ2n) is 19.4. The molecular formula is C51H66FN9O7S5. The van der Waals surface area contributed by atoms with Gasteiger partial charge in [-0.05, 0) is 105 Å². The first-order chi connectivity index (χ1) is 33.3. The van der Waals surface area contributed by atoms with Gasteiger partial charge >= 0.3 is 12.2 Å². The smallest absolute Gasteiger partial charge is 0.407 e. The van der Waals surface area contributed by atoms with Gasteiger partial charge < -0.3 is 44.6 Å². The van der Waals surface area contributed by atoms with Crippen LogP contribution in [0.3, 0.4) is 0 Å². The Bertz CT molecular complexity index is 2950. The number of ether oxygens (including phenoxy) is 3. The van der Waals surface area contributed by atoms with Crippen molar-refractivity contribution in [2.45, 2.75) is 103 Å². The highest BCUT2D eigenvalue weighted by atomic mass is 32.1. The third kappa shape index (κ3) is 11.2. The lowest BCUT2D eigenvalue weighted by atomic mass is 10.0. The van der Waals surface area contributed by atoms with Gasteiger partial charge in [0.2, 0.25) is 18.0 Å². The number of alkyl carbamates (subject to hydrolysis) is 2. The van der Waals surface area contributed by atoms with Gasteiger partial charge in [-0.1, -0.05) is 33.8 Å². The molecule has 73 heavy (non-hydrogen) atoms. The van der Waals surface area contributed by atoms with Gasteiger partial charge in [-0.3, -0.25) is 14.2 Å². The SMILES string of the molecule is COC(=O)N[C@H](C(=O)N1CCC[C@H]1c1ncc(-c2cc(F)c3c(c2)OC(c2ccc(CC4CC4)s2)n2c-3cc3cc(-c4cnc([C@@H]5CCCN5C(=O)[C@@H](NC(=O)OC)C(C)C)[nH]4)ccc32)[nH]1)C(C)C.S.S.S.S. The van der Waals surface area contributed by atoms with Gasteiger partial charge in [-0.25, -0.2) is 23.9 Å². The summed E-state index contributed by atoms with van der Waals surface area (Å²) in [5.41, 5.74) is 4.70. The zero-order valence-corrected chi connectivity index (χ0v) is 46.5. The first kappa shape index (κ1) is 57.0. The van der Waals surface area contributed by atoms with Crippen LogP contribution in [0, 0.1) is 23.6 Å². The monoisotopic (exact) mass is 1100 g/mol. The molecule has 2 aromatic carbocycles. The number of fused-ring (bicyclic) bond motifs is 5. The Kier molecular flexibility index (Phi) is 18.3. The third-order valence-corrected chi connectivity index (χ3v) is 15.2. The van der Waals surface area contributed by atoms with Gasteiger partial charge in [-0.2, -0.15) is 54.0 Å². The third-order valence-electron chi connectivity index (χ3n) is 14.0. The molecule has 394 valence electrons. The van der Waals surface area contributed by atoms with Crippen molar-refractivity contribution in [3.63, 3.8) is 0 Å². The molecule has 4 aromatic heterocycles. The highest BCUT2D eigenvalue weighted by Gasteiger charge is 2.40. The Balaban J connectivity index is 0.00000217. The van der Waals surface area contributed by atoms with Gasteiger partial charge in [-0.15, -0.1) is 11.3 Å². The summed E-state index contributed by atoms with van der Waals surface area (Å²) in [4.78, 5) is 74.2. The minimum absolute atomic E-state index is 0. The van der Waals surface area contributed by atoms with Crippen LogP contribution in [0.1, 0.15) is 106 Å². The van der Waals surface area contributed by atoms with Crippen LogP contribution in [-0.2, 0) is 25.5 Å². The quantitative estimate of drug-likeness (QED) is 0.0873. The molecule has 10 rings (SSSR count). The summed E-state index contributed by atoms with van der Waals surface area (Å²) in [6.07, 6.45) is 8.05. The van der Waals surface area contributed by atoms with Crippen molar-refractivity contribution >= 4 is 100 Å². The predicted molar refractivity (Wildman–Crippen MR) is 299 cm³/mol. The summed E-state index contributed by atoms with van der Waals surface area (Å²) >= 11 is 1.73. The van der Waals surface area contributed by atoms with Crippen LogP contribution in [0.15, 0.2) is 60.9 Å². The van der Waals surface area contributed by atoms with E-state index in [2.05, 4.69) is 43.4 Å². The first-order valence-electron chi connectivity index (χ1n) is 23.9. The van der Waals surface area contributed by atoms with Crippen LogP contribution in [0.25, 0.3) is 44.7 Å². The molecular weight excluding hydrogens is 1030 g/mol. The number of carbonyl (C=O) groups is 4. The Morgan fingerprint density at radius 1 is 0.753 bits per heavy atom. The number of benzene rings is 2. The number of nitrogens with one attached hydrogen (secondary N) is 4. The molecule has 0 bridgehead atoms. The van der Waals surface area contributed by atoms with E-state index >= 15 is 4.39 Å². The number of amides is 4. The van der Waals surface area contributed by atoms with Crippen LogP contribution < -0.4 is 15.4 Å². The summed E-state index contributed by atoms with van der Waals surface area (Å²) in [6, 6.07) is 13.7. The van der Waals surface area contributed by atoms with E-state index in [4.69, 9.17) is 24.2 Å². The fraction of sp³-hybridized carbons (Fsp3) is 0.451. The van der Waals surface area contributed by atoms with Crippen LogP contribution in [-0.4, -0.2) is 97.7 Å². The maximum atomic E-state index is 16.9. The average molecular weight is 1100 g/mol. The van der Waals surface area contributed by atoms with Crippen molar-refractivity contribution in [3.8, 4) is 39.5 Å². The second kappa shape index (κ2) is 23.5. The zero-order chi connectivity index (χ0) is 48.2. The molecule has 6 aromatic rings. The summed E-state index contributed by atoms with van der Waals surface area (Å²) in [6.45, 7) is 8.59. The van der Waals surface area contributed by atoms with Gasteiger partial charge in [0.25, 0.3) is 0 Å². The van der Waals surface area contributed by atoms with Crippen LogP contribution in [0.5, 0.6) is 5.75 Å². The maximum absolute atomic E-state index is 16.9. The number of imidazole rings is 2. The van der Waals surface area contributed by atoms with E-state index in [1.54, 1.807) is 33.5 Å². The topological polar surface area (TPSA) is 189 Å². The molecule has 5 atom stereocenters. The number of aromatic nitrogens is 5. The lowest BCUT2D eigenvalue weighted by molar-refractivity contribution is -0.136. The van der Waals surface area contributed by atoms with E-state index in [1.807, 2.05) is 52.0 Å². The van der Waals surface area contributed by atoms with E-state index in [0.717, 1.165) is 52.7 Å². The van der Waals surface area contributed by atoms with Gasteiger partial charge in [0.1, 0.15) is 35.3 Å². The number of thiophene rings is 1. The normalized spacial score (nSPS) is 18.6. The highest BCUT2D eigenvalue weighted by molar-refractivity contribution is 7.59. The Morgan fingerprint density at radius 3 is 1.85 bits per heavy atom. The number of aromatic amines is 2. The number of hydrogen-bond donors (Lipinski definition) is 4. The Hall–Kier alpha value is -5.29. The number of H-pyrrole nitrogens is 2. The fourth-order valence-corrected chi connectivity index (χ4v) is 11.4. The lowest BCUT2D eigenvalue weighted by Gasteiger charge is -2.30. The van der Waals surface area contributed by atoms with Gasteiger partial charge in [0.15, 0.2) is 0 Å². The summed E-state index contributed by atoms with van der Waals surface area (Å²) in [5, 5.41) is 6.29. The largest absolute Gasteiger partial charge is 0.464 e. The van der Waals surface area contributed by atoms with Crippen molar-refractivity contribution in [3.05, 3.63) is 88.1 Å². The highest BCUT2D eigenvalue weighted by Crippen LogP contribution is 2.49. The molecule has 7 heterocycles. The number of halogens is 1. The molecule has 1 unspecified atom stereocenters. The number of methoxy groups -OCH3 is 2. The van der Waals surface area contributed by atoms with Gasteiger partial charge in [0, 0.05) is 34.5 Å². The number of hydrogen-bond acceptors (Lipinski definition) is 10. The van der Waals surface area contributed by atoms with E-state index in [-0.39, 0.29) is 89.7 Å². The van der Waals surface area contributed by atoms with E-state index in [9.17, 15) is 19.2 Å². The summed E-state index contributed by atoms with van der Waals surface area (Å²) in [7, 11) is 2.55. The first-order valence-corrected chi connectivity index (χ1v) is 24.8. The Morgan fingerprint density at radius 2 is 1.32 bits per heavy atom. The van der Waals surface area contributed by atoms with Crippen molar-refractivity contribution in [1.82, 2.24) is 44.9 Å². The summed E-state index contributed by atoms with van der Waals surface area (Å²) in [5.74, 6) is 1.20. The molecule has 22 heteroatoms. The molecule has 16 nitrogen and oxygen atoms in total. The maximum Gasteiger partial charge on any atom is 0.407 e. The summed E-state index contributed by atoms with van der Waals surface area (Å²) < 4.78 is 35.6. The number of likely N-dealkylation sites (tertiary alicyclic amines) is 2. The molecule has 3 aliphatic heterocycles. The minimum atomic E-state index is -0.768. The molecule has 4 N–H and O–H groups in total. The van der Waals surface area contributed by atoms with Crippen molar-refractivity contribution in [2.75, 3.05) is 27.3 Å². The van der Waals surface area contributed by atoms with E-state index < -0.39 is 36.3 Å². The fourth-order valence-electron chi connectivity index (χ4n) is 10.2. The molecule has 4 amide bonds. The number of carbonyl (C=O) groups excluding carboxylic acids is 4. The van der Waals surface area contributed by atoms with E-state index in [1.165, 1.54) is 38.0 Å². The average Bonchev–Trinajstić information content (AvgIpc) is 4.07. The Labute approximate surface area is 456 Å². The molecule has 0 radical (unpaired) electrons. The molecule has 3 fully saturated rings. The molecule has 1 aliphatic carbocycles. The van der Waals surface area contributed by atoms with Gasteiger partial charge in [0.05, 0.1) is 71.7 Å². The molecule has 4 aliphatic rings. The zero-order valence-electron chi connectivity index (χ0n) is 41.6. The second-order valence-corrected chi connectivity index (χ2v) is 20.6. The predicted octanol–water partition coefficient (Wildman–Crippen LogP) is 9.72. The number of rotatable bonds is 13. The van der Waals surface area contributed by atoms with Crippen LogP contribution in [0.2, 0.25) is 0 Å². The lowest BCUT2D eigenvalue weighted by Crippen LogP contribution is -2.51. The van der Waals surface area contributed by atoms with E-state index in [0.29, 0.717) is 65.3 Å². The molecule has 2 saturated heterocycles. The standard InChI is InChI=1S/C51H58FN9O7S.4H2S/c1-26(2)43(57-50(64)66-5)47(62)59-17-7-9-37(59)45-53-24-34(55-45)29-13-15-36-31(20-29)22-39-42-33(52)21-30(23-40(42)68-49(61(36)39)41-16-14-32(69-41)19-28-11-12-28)35-25-54-46(56-35)38-10-8-18-60(38)48(63)44(27(3)4)58-51(65)67-6;;;;/h13-16,20-28,37-38,43-44,49H,7-12,17-19H2,1-6H3,(H,53,55)(H,54,56)(H,57,64)(H,58,65);4*1H2/t37-,38-,43-,44-,49?;;;;/m0..../s1.